The van der Waals surface area contributed by atoms with Crippen LogP contribution in [0.2, 0.25) is 5.15 Å². The summed E-state index contributed by atoms with van der Waals surface area (Å²) >= 11 is 6.34. The van der Waals surface area contributed by atoms with E-state index < -0.39 is 0 Å². The molecule has 0 aliphatic heterocycles. The van der Waals surface area contributed by atoms with Gasteiger partial charge in [0.2, 0.25) is 0 Å². The van der Waals surface area contributed by atoms with Crippen LogP contribution in [-0.2, 0) is 0 Å². The number of hydrogen-bond acceptors (Lipinski definition) is 2. The Bertz CT molecular complexity index is 884. The molecule has 132 valence electrons. The predicted octanol–water partition coefficient (Wildman–Crippen LogP) is 7.08. The number of nitrogens with zero attached hydrogens (tertiary/aromatic N) is 2. The highest BCUT2D eigenvalue weighted by Gasteiger charge is 2.06. The van der Waals surface area contributed by atoms with E-state index in [-0.39, 0.29) is 0 Å². The van der Waals surface area contributed by atoms with E-state index in [1.165, 1.54) is 5.57 Å². The van der Waals surface area contributed by atoms with Crippen LogP contribution in [0, 0.1) is 0 Å². The van der Waals surface area contributed by atoms with Gasteiger partial charge in [-0.2, -0.15) is 0 Å². The normalized spacial score (nSPS) is 12.3. The Hall–Kier alpha value is -2.71. The summed E-state index contributed by atoms with van der Waals surface area (Å²) in [5, 5.41) is 0.434. The third-order valence-electron chi connectivity index (χ3n) is 3.71. The zero-order chi connectivity index (χ0) is 18.9. The molecule has 2 aromatic rings. The highest BCUT2D eigenvalue weighted by Crippen LogP contribution is 2.29. The van der Waals surface area contributed by atoms with Gasteiger partial charge in [0.15, 0.2) is 0 Å². The van der Waals surface area contributed by atoms with Crippen LogP contribution < -0.4 is 0 Å². The first kappa shape index (κ1) is 19.6. The van der Waals surface area contributed by atoms with Crippen LogP contribution in [0.25, 0.3) is 11.6 Å². The minimum atomic E-state index is 0.434. The number of hydrogen-bond donors (Lipinski definition) is 0. The van der Waals surface area contributed by atoms with Crippen molar-refractivity contribution in [3.63, 3.8) is 0 Å². The topological polar surface area (TPSA) is 25.2 Å². The lowest BCUT2D eigenvalue weighted by Crippen LogP contribution is -1.86. The van der Waals surface area contributed by atoms with Gasteiger partial charge in [0.25, 0.3) is 0 Å². The average molecular weight is 363 g/mol. The molecule has 0 aliphatic rings. The Labute approximate surface area is 161 Å². The van der Waals surface area contributed by atoms with E-state index in [9.17, 15) is 0 Å². The molecule has 0 amide bonds. The van der Waals surface area contributed by atoms with Crippen molar-refractivity contribution in [3.8, 4) is 0 Å². The molecule has 0 fully saturated rings. The van der Waals surface area contributed by atoms with E-state index in [2.05, 4.69) is 35.6 Å². The van der Waals surface area contributed by atoms with Crippen LogP contribution in [0.3, 0.4) is 0 Å². The molecule has 0 unspecified atom stereocenters. The molecule has 0 bridgehead atoms. The van der Waals surface area contributed by atoms with Gasteiger partial charge < -0.3 is 0 Å². The lowest BCUT2D eigenvalue weighted by molar-refractivity contribution is 1.30. The van der Waals surface area contributed by atoms with Gasteiger partial charge in [0.1, 0.15) is 5.15 Å². The van der Waals surface area contributed by atoms with Crippen molar-refractivity contribution < 1.29 is 0 Å². The van der Waals surface area contributed by atoms with Crippen LogP contribution in [0.15, 0.2) is 83.5 Å². The third-order valence-corrected chi connectivity index (χ3v) is 4.01. The SMILES string of the molecule is C=C/C(C=Nc1ccnc(Cl)c1/C=C(\C)c1ccccc1)=C\C=C(C)C. The largest absolute Gasteiger partial charge is 0.255 e. The number of halogens is 1. The smallest absolute Gasteiger partial charge is 0.138 e. The van der Waals surface area contributed by atoms with Crippen LogP contribution in [0.4, 0.5) is 5.69 Å². The molecule has 1 aromatic heterocycles. The second-order valence-corrected chi connectivity index (χ2v) is 6.46. The van der Waals surface area contributed by atoms with Crippen molar-refractivity contribution in [2.24, 2.45) is 4.99 Å². The Kier molecular flexibility index (Phi) is 7.31. The van der Waals surface area contributed by atoms with Gasteiger partial charge in [-0.25, -0.2) is 4.98 Å². The van der Waals surface area contributed by atoms with E-state index in [4.69, 9.17) is 11.6 Å². The van der Waals surface area contributed by atoms with E-state index in [0.29, 0.717) is 5.15 Å². The van der Waals surface area contributed by atoms with Gasteiger partial charge in [0, 0.05) is 18.0 Å². The second kappa shape index (κ2) is 9.69. The number of pyridine rings is 1. The van der Waals surface area contributed by atoms with Gasteiger partial charge in [-0.3, -0.25) is 4.99 Å². The lowest BCUT2D eigenvalue weighted by Gasteiger charge is -2.06. The summed E-state index contributed by atoms with van der Waals surface area (Å²) in [7, 11) is 0. The zero-order valence-corrected chi connectivity index (χ0v) is 16.2. The average Bonchev–Trinajstić information content (AvgIpc) is 2.64. The van der Waals surface area contributed by atoms with Crippen LogP contribution >= 0.6 is 11.6 Å². The summed E-state index contributed by atoms with van der Waals surface area (Å²) in [4.78, 5) is 8.80. The summed E-state index contributed by atoms with van der Waals surface area (Å²) in [5.74, 6) is 0. The van der Waals surface area contributed by atoms with Gasteiger partial charge in [-0.1, -0.05) is 72.3 Å². The summed E-state index contributed by atoms with van der Waals surface area (Å²) in [6.07, 6.45) is 11.3. The molecule has 0 atom stereocenters. The lowest BCUT2D eigenvalue weighted by atomic mass is 10.0. The van der Waals surface area contributed by atoms with Crippen molar-refractivity contribution in [3.05, 3.63) is 94.8 Å². The van der Waals surface area contributed by atoms with Crippen LogP contribution in [-0.4, -0.2) is 11.2 Å². The second-order valence-electron chi connectivity index (χ2n) is 6.10. The summed E-state index contributed by atoms with van der Waals surface area (Å²) in [6, 6.07) is 12.0. The highest BCUT2D eigenvalue weighted by molar-refractivity contribution is 6.31. The van der Waals surface area contributed by atoms with E-state index in [1.54, 1.807) is 18.5 Å². The molecule has 0 saturated carbocycles. The predicted molar refractivity (Wildman–Crippen MR) is 115 cm³/mol. The first-order valence-corrected chi connectivity index (χ1v) is 8.79. The molecule has 0 saturated heterocycles. The summed E-state index contributed by atoms with van der Waals surface area (Å²) in [6.45, 7) is 9.99. The van der Waals surface area contributed by atoms with E-state index >= 15 is 0 Å². The molecule has 1 aromatic carbocycles. The third kappa shape index (κ3) is 5.68. The standard InChI is InChI=1S/C23H23ClN2/c1-5-19(12-11-17(2)3)16-26-22-13-14-25-23(24)21(22)15-18(4)20-9-7-6-8-10-20/h5-16H,1H2,2-4H3/b18-15+,19-12+,26-16?. The Balaban J connectivity index is 2.41. The van der Waals surface area contributed by atoms with Gasteiger partial charge in [-0.15, -0.1) is 0 Å². The number of aromatic nitrogens is 1. The summed E-state index contributed by atoms with van der Waals surface area (Å²) in [5.41, 5.74) is 5.95. The van der Waals surface area contributed by atoms with Crippen molar-refractivity contribution in [1.82, 2.24) is 4.98 Å². The molecule has 2 rings (SSSR count). The molecule has 0 aliphatic carbocycles. The summed E-state index contributed by atoms with van der Waals surface area (Å²) < 4.78 is 0. The molecular weight excluding hydrogens is 340 g/mol. The highest BCUT2D eigenvalue weighted by atomic mass is 35.5. The van der Waals surface area contributed by atoms with Crippen molar-refractivity contribution in [2.75, 3.05) is 0 Å². The molecule has 0 spiro atoms. The minimum absolute atomic E-state index is 0.434. The Morgan fingerprint density at radius 3 is 2.46 bits per heavy atom. The molecule has 3 heteroatoms. The van der Waals surface area contributed by atoms with E-state index in [1.807, 2.05) is 56.3 Å². The molecule has 1 heterocycles. The maximum absolute atomic E-state index is 6.34. The molecular formula is C23H23ClN2. The number of rotatable bonds is 6. The quantitative estimate of drug-likeness (QED) is 0.306. The minimum Gasteiger partial charge on any atom is -0.255 e. The molecule has 2 nitrogen and oxygen atoms in total. The Morgan fingerprint density at radius 1 is 1.08 bits per heavy atom. The molecule has 26 heavy (non-hydrogen) atoms. The molecule has 0 N–H and O–H groups in total. The first-order chi connectivity index (χ1) is 12.5. The Morgan fingerprint density at radius 2 is 1.81 bits per heavy atom. The van der Waals surface area contributed by atoms with Crippen molar-refractivity contribution >= 4 is 35.2 Å². The number of aliphatic imine (C=N–C) groups is 1. The van der Waals surface area contributed by atoms with Gasteiger partial charge >= 0.3 is 0 Å². The maximum atomic E-state index is 6.34. The van der Waals surface area contributed by atoms with Crippen molar-refractivity contribution in [2.45, 2.75) is 20.8 Å². The fourth-order valence-electron chi connectivity index (χ4n) is 2.26. The van der Waals surface area contributed by atoms with Crippen LogP contribution in [0.5, 0.6) is 0 Å². The fourth-order valence-corrected chi connectivity index (χ4v) is 2.46. The van der Waals surface area contributed by atoms with E-state index in [0.717, 1.165) is 28.0 Å². The van der Waals surface area contributed by atoms with Crippen LogP contribution in [0.1, 0.15) is 31.9 Å². The zero-order valence-electron chi connectivity index (χ0n) is 15.4. The number of allylic oxidation sites excluding steroid dienone is 6. The molecule has 0 radical (unpaired) electrons. The van der Waals surface area contributed by atoms with Gasteiger partial charge in [0.05, 0.1) is 5.69 Å². The maximum Gasteiger partial charge on any atom is 0.138 e. The monoisotopic (exact) mass is 362 g/mol. The first-order valence-electron chi connectivity index (χ1n) is 8.41. The fraction of sp³-hybridized carbons (Fsp3) is 0.130. The number of benzene rings is 1. The van der Waals surface area contributed by atoms with Gasteiger partial charge in [-0.05, 0) is 49.6 Å². The van der Waals surface area contributed by atoms with Crippen molar-refractivity contribution in [1.29, 1.82) is 0 Å².